The number of rotatable bonds is 9. The Labute approximate surface area is 115 Å². The van der Waals surface area contributed by atoms with Crippen LogP contribution in [0.1, 0.15) is 32.3 Å². The third-order valence-corrected chi connectivity index (χ3v) is 2.83. The maximum absolute atomic E-state index is 10.5. The van der Waals surface area contributed by atoms with Gasteiger partial charge in [0.25, 0.3) is 0 Å². The molecular formula is C16H24O3. The van der Waals surface area contributed by atoms with Gasteiger partial charge in [0.05, 0.1) is 13.2 Å². The SMILES string of the molecule is C=C(C)COCCCOC(O)(CC)c1ccccc1. The number of benzene rings is 1. The lowest BCUT2D eigenvalue weighted by atomic mass is 10.0. The van der Waals surface area contributed by atoms with Crippen LogP contribution in [0.3, 0.4) is 0 Å². The molecule has 0 amide bonds. The van der Waals surface area contributed by atoms with Crippen LogP contribution < -0.4 is 0 Å². The largest absolute Gasteiger partial charge is 0.377 e. The third kappa shape index (κ3) is 5.55. The molecule has 0 fully saturated rings. The fourth-order valence-corrected chi connectivity index (χ4v) is 1.74. The van der Waals surface area contributed by atoms with Gasteiger partial charge in [0, 0.05) is 18.6 Å². The molecule has 106 valence electrons. The van der Waals surface area contributed by atoms with E-state index in [2.05, 4.69) is 6.58 Å². The molecule has 0 radical (unpaired) electrons. The van der Waals surface area contributed by atoms with E-state index in [1.54, 1.807) is 0 Å². The van der Waals surface area contributed by atoms with E-state index in [1.807, 2.05) is 44.2 Å². The summed E-state index contributed by atoms with van der Waals surface area (Å²) in [6.45, 7) is 9.27. The maximum Gasteiger partial charge on any atom is 0.192 e. The Balaban J connectivity index is 2.34. The molecule has 1 N–H and O–H groups in total. The molecule has 3 heteroatoms. The van der Waals surface area contributed by atoms with Crippen molar-refractivity contribution in [3.05, 3.63) is 48.0 Å². The normalized spacial score (nSPS) is 14.1. The van der Waals surface area contributed by atoms with Crippen molar-refractivity contribution >= 4 is 0 Å². The highest BCUT2D eigenvalue weighted by molar-refractivity contribution is 5.19. The Morgan fingerprint density at radius 1 is 1.26 bits per heavy atom. The fraction of sp³-hybridized carbons (Fsp3) is 0.500. The van der Waals surface area contributed by atoms with Crippen molar-refractivity contribution in [3.8, 4) is 0 Å². The second kappa shape index (κ2) is 8.10. The Bertz CT molecular complexity index is 375. The van der Waals surface area contributed by atoms with Crippen molar-refractivity contribution in [2.45, 2.75) is 32.5 Å². The summed E-state index contributed by atoms with van der Waals surface area (Å²) in [5.41, 5.74) is 1.80. The van der Waals surface area contributed by atoms with Crippen LogP contribution in [0.25, 0.3) is 0 Å². The summed E-state index contributed by atoms with van der Waals surface area (Å²) in [7, 11) is 0. The topological polar surface area (TPSA) is 38.7 Å². The summed E-state index contributed by atoms with van der Waals surface area (Å²) in [6.07, 6.45) is 1.27. The van der Waals surface area contributed by atoms with Crippen molar-refractivity contribution in [2.24, 2.45) is 0 Å². The van der Waals surface area contributed by atoms with Gasteiger partial charge >= 0.3 is 0 Å². The zero-order chi connectivity index (χ0) is 14.1. The van der Waals surface area contributed by atoms with Gasteiger partial charge in [-0.2, -0.15) is 0 Å². The Morgan fingerprint density at radius 2 is 1.95 bits per heavy atom. The maximum atomic E-state index is 10.5. The third-order valence-electron chi connectivity index (χ3n) is 2.83. The molecule has 1 aromatic carbocycles. The van der Waals surface area contributed by atoms with Crippen LogP contribution in [0.2, 0.25) is 0 Å². The lowest BCUT2D eigenvalue weighted by Gasteiger charge is -2.27. The molecule has 0 saturated carbocycles. The van der Waals surface area contributed by atoms with Gasteiger partial charge in [-0.1, -0.05) is 49.4 Å². The number of hydrogen-bond acceptors (Lipinski definition) is 3. The Morgan fingerprint density at radius 3 is 2.53 bits per heavy atom. The van der Waals surface area contributed by atoms with Crippen LogP contribution in [0, 0.1) is 0 Å². The molecular weight excluding hydrogens is 240 g/mol. The first-order chi connectivity index (χ1) is 9.08. The molecule has 19 heavy (non-hydrogen) atoms. The van der Waals surface area contributed by atoms with Crippen molar-refractivity contribution in [1.29, 1.82) is 0 Å². The number of hydrogen-bond donors (Lipinski definition) is 1. The molecule has 0 aliphatic carbocycles. The zero-order valence-electron chi connectivity index (χ0n) is 11.9. The first-order valence-electron chi connectivity index (χ1n) is 6.72. The van der Waals surface area contributed by atoms with Gasteiger partial charge in [-0.15, -0.1) is 0 Å². The summed E-state index contributed by atoms with van der Waals surface area (Å²) >= 11 is 0. The number of ether oxygens (including phenoxy) is 2. The van der Waals surface area contributed by atoms with Crippen molar-refractivity contribution < 1.29 is 14.6 Å². The Kier molecular flexibility index (Phi) is 6.78. The first kappa shape index (κ1) is 15.9. The molecule has 0 aliphatic rings. The van der Waals surface area contributed by atoms with E-state index in [4.69, 9.17) is 9.47 Å². The van der Waals surface area contributed by atoms with Gasteiger partial charge in [-0.3, -0.25) is 0 Å². The summed E-state index contributed by atoms with van der Waals surface area (Å²) in [5.74, 6) is -1.20. The second-order valence-electron chi connectivity index (χ2n) is 4.72. The second-order valence-corrected chi connectivity index (χ2v) is 4.72. The van der Waals surface area contributed by atoms with Gasteiger partial charge in [0.15, 0.2) is 5.79 Å². The van der Waals surface area contributed by atoms with E-state index in [0.29, 0.717) is 26.2 Å². The molecule has 0 aromatic heterocycles. The average Bonchev–Trinajstić information content (AvgIpc) is 2.43. The number of aliphatic hydroxyl groups is 1. The van der Waals surface area contributed by atoms with Gasteiger partial charge in [-0.05, 0) is 13.3 Å². The minimum Gasteiger partial charge on any atom is -0.377 e. The van der Waals surface area contributed by atoms with Crippen LogP contribution in [-0.2, 0) is 15.3 Å². The van der Waals surface area contributed by atoms with E-state index < -0.39 is 5.79 Å². The molecule has 0 saturated heterocycles. The fourth-order valence-electron chi connectivity index (χ4n) is 1.74. The van der Waals surface area contributed by atoms with Crippen LogP contribution in [0.5, 0.6) is 0 Å². The van der Waals surface area contributed by atoms with Crippen molar-refractivity contribution in [1.82, 2.24) is 0 Å². The van der Waals surface area contributed by atoms with Gasteiger partial charge < -0.3 is 14.6 Å². The highest BCUT2D eigenvalue weighted by Crippen LogP contribution is 2.26. The van der Waals surface area contributed by atoms with E-state index in [9.17, 15) is 5.11 Å². The minimum atomic E-state index is -1.20. The van der Waals surface area contributed by atoms with Crippen molar-refractivity contribution in [2.75, 3.05) is 19.8 Å². The quantitative estimate of drug-likeness (QED) is 0.423. The molecule has 0 heterocycles. The van der Waals surface area contributed by atoms with E-state index in [1.165, 1.54) is 0 Å². The van der Waals surface area contributed by atoms with Crippen LogP contribution in [0.15, 0.2) is 42.5 Å². The van der Waals surface area contributed by atoms with E-state index in [0.717, 1.165) is 17.6 Å². The van der Waals surface area contributed by atoms with E-state index >= 15 is 0 Å². The molecule has 1 unspecified atom stereocenters. The summed E-state index contributed by atoms with van der Waals surface area (Å²) in [5, 5.41) is 10.5. The average molecular weight is 264 g/mol. The molecule has 0 spiro atoms. The molecule has 1 atom stereocenters. The van der Waals surface area contributed by atoms with E-state index in [-0.39, 0.29) is 0 Å². The predicted molar refractivity (Wildman–Crippen MR) is 76.8 cm³/mol. The van der Waals surface area contributed by atoms with Crippen LogP contribution in [0.4, 0.5) is 0 Å². The molecule has 0 aliphatic heterocycles. The Hall–Kier alpha value is -1.16. The smallest absolute Gasteiger partial charge is 0.192 e. The van der Waals surface area contributed by atoms with Crippen molar-refractivity contribution in [3.63, 3.8) is 0 Å². The molecule has 0 bridgehead atoms. The summed E-state index contributed by atoms with van der Waals surface area (Å²) in [4.78, 5) is 0. The highest BCUT2D eigenvalue weighted by Gasteiger charge is 2.27. The summed E-state index contributed by atoms with van der Waals surface area (Å²) < 4.78 is 11.0. The predicted octanol–water partition coefficient (Wildman–Crippen LogP) is 3.24. The van der Waals surface area contributed by atoms with Gasteiger partial charge in [-0.25, -0.2) is 0 Å². The minimum absolute atomic E-state index is 0.468. The standard InChI is InChI=1S/C16H24O3/c1-4-16(17,15-9-6-5-7-10-15)19-12-8-11-18-13-14(2)3/h5-7,9-10,17H,2,4,8,11-13H2,1,3H3. The highest BCUT2D eigenvalue weighted by atomic mass is 16.6. The lowest BCUT2D eigenvalue weighted by Crippen LogP contribution is -2.29. The molecule has 1 rings (SSSR count). The van der Waals surface area contributed by atoms with Crippen LogP contribution in [-0.4, -0.2) is 24.9 Å². The summed E-state index contributed by atoms with van der Waals surface area (Å²) in [6, 6.07) is 9.47. The van der Waals surface area contributed by atoms with Gasteiger partial charge in [0.1, 0.15) is 0 Å². The molecule has 3 nitrogen and oxygen atoms in total. The molecule has 1 aromatic rings. The monoisotopic (exact) mass is 264 g/mol. The van der Waals surface area contributed by atoms with Crippen LogP contribution >= 0.6 is 0 Å². The first-order valence-corrected chi connectivity index (χ1v) is 6.72. The van der Waals surface area contributed by atoms with Gasteiger partial charge in [0.2, 0.25) is 0 Å². The lowest BCUT2D eigenvalue weighted by molar-refractivity contribution is -0.215. The zero-order valence-corrected chi connectivity index (χ0v) is 11.9.